The molecule has 2 aromatic rings. The van der Waals surface area contributed by atoms with Gasteiger partial charge in [-0.1, -0.05) is 18.2 Å². The number of carbonyl (C=O) groups is 1. The summed E-state index contributed by atoms with van der Waals surface area (Å²) in [6.07, 6.45) is -4.45. The van der Waals surface area contributed by atoms with Crippen molar-refractivity contribution < 1.29 is 27.1 Å². The third kappa shape index (κ3) is 5.65. The van der Waals surface area contributed by atoms with Gasteiger partial charge in [-0.25, -0.2) is 9.18 Å². The van der Waals surface area contributed by atoms with Gasteiger partial charge in [-0.05, 0) is 35.9 Å². The number of urea groups is 1. The van der Waals surface area contributed by atoms with Gasteiger partial charge in [-0.15, -0.1) is 0 Å². The fourth-order valence-corrected chi connectivity index (χ4v) is 2.26. The third-order valence-corrected chi connectivity index (χ3v) is 3.58. The maximum Gasteiger partial charge on any atom is 0.416 e. The summed E-state index contributed by atoms with van der Waals surface area (Å²) >= 11 is 0. The molecule has 2 amide bonds. The Kier molecular flexibility index (Phi) is 6.43. The van der Waals surface area contributed by atoms with E-state index < -0.39 is 11.7 Å². The molecule has 0 saturated heterocycles. The van der Waals surface area contributed by atoms with Crippen molar-refractivity contribution >= 4 is 6.03 Å². The molecule has 140 valence electrons. The molecule has 0 heterocycles. The van der Waals surface area contributed by atoms with Crippen LogP contribution in [0.3, 0.4) is 0 Å². The third-order valence-electron chi connectivity index (χ3n) is 3.58. The van der Waals surface area contributed by atoms with Gasteiger partial charge in [0, 0.05) is 13.6 Å². The predicted octanol–water partition coefficient (Wildman–Crippen LogP) is 4.06. The second-order valence-corrected chi connectivity index (χ2v) is 5.48. The molecule has 0 unspecified atom stereocenters. The van der Waals surface area contributed by atoms with E-state index in [1.165, 1.54) is 36.2 Å². The molecule has 2 rings (SSSR count). The molecule has 0 atom stereocenters. The van der Waals surface area contributed by atoms with Crippen LogP contribution in [0.5, 0.6) is 5.75 Å². The van der Waals surface area contributed by atoms with Gasteiger partial charge in [0.25, 0.3) is 0 Å². The zero-order valence-corrected chi connectivity index (χ0v) is 14.0. The average Bonchev–Trinajstić information content (AvgIpc) is 2.61. The molecule has 1 N–H and O–H groups in total. The van der Waals surface area contributed by atoms with Crippen LogP contribution < -0.4 is 10.1 Å². The smallest absolute Gasteiger partial charge is 0.416 e. The molecule has 0 aromatic heterocycles. The van der Waals surface area contributed by atoms with E-state index in [4.69, 9.17) is 4.74 Å². The van der Waals surface area contributed by atoms with Crippen LogP contribution in [-0.2, 0) is 12.7 Å². The van der Waals surface area contributed by atoms with Gasteiger partial charge in [0.1, 0.15) is 18.2 Å². The Morgan fingerprint density at radius 1 is 1.15 bits per heavy atom. The molecule has 0 fully saturated rings. The van der Waals surface area contributed by atoms with Crippen molar-refractivity contribution in [3.05, 3.63) is 65.5 Å². The second kappa shape index (κ2) is 8.55. The van der Waals surface area contributed by atoms with Gasteiger partial charge in [0.05, 0.1) is 12.1 Å². The highest BCUT2D eigenvalue weighted by molar-refractivity contribution is 5.73. The summed E-state index contributed by atoms with van der Waals surface area (Å²) in [5.41, 5.74) is -0.0847. The normalized spacial score (nSPS) is 11.1. The first-order valence-corrected chi connectivity index (χ1v) is 7.81. The molecule has 0 saturated carbocycles. The fraction of sp³-hybridized carbons (Fsp3) is 0.278. The van der Waals surface area contributed by atoms with E-state index in [9.17, 15) is 22.4 Å². The van der Waals surface area contributed by atoms with Crippen molar-refractivity contribution in [3.63, 3.8) is 0 Å². The molecular formula is C18H18F4N2O2. The zero-order valence-electron chi connectivity index (χ0n) is 14.0. The van der Waals surface area contributed by atoms with Crippen LogP contribution in [-0.4, -0.2) is 31.1 Å². The summed E-state index contributed by atoms with van der Waals surface area (Å²) in [6, 6.07) is 9.85. The number of hydrogen-bond acceptors (Lipinski definition) is 2. The van der Waals surface area contributed by atoms with Crippen LogP contribution in [0.25, 0.3) is 0 Å². The van der Waals surface area contributed by atoms with Gasteiger partial charge < -0.3 is 15.0 Å². The van der Waals surface area contributed by atoms with Crippen LogP contribution >= 0.6 is 0 Å². The molecule has 0 radical (unpaired) electrons. The molecule has 26 heavy (non-hydrogen) atoms. The van der Waals surface area contributed by atoms with Gasteiger partial charge >= 0.3 is 12.2 Å². The highest BCUT2D eigenvalue weighted by Crippen LogP contribution is 2.31. The van der Waals surface area contributed by atoms with E-state index in [2.05, 4.69) is 5.32 Å². The standard InChI is InChI=1S/C18H18F4N2O2/c1-23-17(25)24(12-13-5-7-15(19)8-6-13)9-10-26-16-4-2-3-14(11-16)18(20,21)22/h2-8,11H,9-10,12H2,1H3,(H,23,25). The summed E-state index contributed by atoms with van der Waals surface area (Å²) in [7, 11) is 1.47. The Balaban J connectivity index is 1.97. The number of ether oxygens (including phenoxy) is 1. The number of hydrogen-bond donors (Lipinski definition) is 1. The van der Waals surface area contributed by atoms with Crippen LogP contribution in [0, 0.1) is 5.82 Å². The summed E-state index contributed by atoms with van der Waals surface area (Å²) in [5, 5.41) is 2.48. The molecule has 0 aliphatic carbocycles. The molecular weight excluding hydrogens is 352 g/mol. The second-order valence-electron chi connectivity index (χ2n) is 5.48. The first-order valence-electron chi connectivity index (χ1n) is 7.81. The lowest BCUT2D eigenvalue weighted by Crippen LogP contribution is -2.40. The number of alkyl halides is 3. The number of benzene rings is 2. The Labute approximate surface area is 148 Å². The molecule has 0 aliphatic rings. The summed E-state index contributed by atoms with van der Waals surface area (Å²) in [6.45, 7) is 0.370. The van der Waals surface area contributed by atoms with Gasteiger partial charge in [0.2, 0.25) is 0 Å². The van der Waals surface area contributed by atoms with Gasteiger partial charge in [-0.3, -0.25) is 0 Å². The largest absolute Gasteiger partial charge is 0.492 e. The Bertz CT molecular complexity index is 733. The van der Waals surface area contributed by atoms with Crippen molar-refractivity contribution in [2.75, 3.05) is 20.2 Å². The number of nitrogens with one attached hydrogen (secondary N) is 1. The molecule has 0 aliphatic heterocycles. The molecule has 2 aromatic carbocycles. The van der Waals surface area contributed by atoms with E-state index in [1.54, 1.807) is 12.1 Å². The quantitative estimate of drug-likeness (QED) is 0.779. The molecule has 8 heteroatoms. The van der Waals surface area contributed by atoms with Gasteiger partial charge in [-0.2, -0.15) is 13.2 Å². The minimum atomic E-state index is -4.45. The van der Waals surface area contributed by atoms with E-state index >= 15 is 0 Å². The van der Waals surface area contributed by atoms with E-state index in [0.717, 1.165) is 12.1 Å². The Morgan fingerprint density at radius 3 is 2.46 bits per heavy atom. The molecule has 0 bridgehead atoms. The first kappa shape index (κ1) is 19.6. The van der Waals surface area contributed by atoms with E-state index in [1.807, 2.05) is 0 Å². The number of rotatable bonds is 6. The Morgan fingerprint density at radius 2 is 1.85 bits per heavy atom. The number of halogens is 4. The van der Waals surface area contributed by atoms with Gasteiger partial charge in [0.15, 0.2) is 0 Å². The molecule has 0 spiro atoms. The lowest BCUT2D eigenvalue weighted by atomic mass is 10.2. The van der Waals surface area contributed by atoms with Crippen molar-refractivity contribution in [2.24, 2.45) is 0 Å². The minimum absolute atomic E-state index is 0.00985. The summed E-state index contributed by atoms with van der Waals surface area (Å²) in [4.78, 5) is 13.4. The highest BCUT2D eigenvalue weighted by Gasteiger charge is 2.30. The van der Waals surface area contributed by atoms with Crippen LogP contribution in [0.2, 0.25) is 0 Å². The van der Waals surface area contributed by atoms with Crippen LogP contribution in [0.1, 0.15) is 11.1 Å². The maximum atomic E-state index is 13.0. The van der Waals surface area contributed by atoms with Crippen molar-refractivity contribution in [1.82, 2.24) is 10.2 Å². The van der Waals surface area contributed by atoms with Crippen molar-refractivity contribution in [1.29, 1.82) is 0 Å². The van der Waals surface area contributed by atoms with Crippen LogP contribution in [0.15, 0.2) is 48.5 Å². The lowest BCUT2D eigenvalue weighted by Gasteiger charge is -2.22. The van der Waals surface area contributed by atoms with Crippen molar-refractivity contribution in [2.45, 2.75) is 12.7 Å². The Hall–Kier alpha value is -2.77. The zero-order chi connectivity index (χ0) is 19.2. The monoisotopic (exact) mass is 370 g/mol. The maximum absolute atomic E-state index is 13.0. The van der Waals surface area contributed by atoms with Crippen molar-refractivity contribution in [3.8, 4) is 5.75 Å². The summed E-state index contributed by atoms with van der Waals surface area (Å²) < 4.78 is 56.4. The van der Waals surface area contributed by atoms with E-state index in [-0.39, 0.29) is 37.3 Å². The topological polar surface area (TPSA) is 41.6 Å². The predicted molar refractivity (Wildman–Crippen MR) is 88.2 cm³/mol. The number of nitrogens with zero attached hydrogens (tertiary/aromatic N) is 1. The number of carbonyl (C=O) groups excluding carboxylic acids is 1. The van der Waals surface area contributed by atoms with Crippen LogP contribution in [0.4, 0.5) is 22.4 Å². The fourth-order valence-electron chi connectivity index (χ4n) is 2.26. The average molecular weight is 370 g/mol. The van der Waals surface area contributed by atoms with E-state index in [0.29, 0.717) is 5.56 Å². The SMILES string of the molecule is CNC(=O)N(CCOc1cccc(C(F)(F)F)c1)Cc1ccc(F)cc1. The molecule has 4 nitrogen and oxygen atoms in total. The lowest BCUT2D eigenvalue weighted by molar-refractivity contribution is -0.137. The number of amides is 2. The summed E-state index contributed by atoms with van der Waals surface area (Å²) in [5.74, 6) is -0.313. The highest BCUT2D eigenvalue weighted by atomic mass is 19.4. The first-order chi connectivity index (χ1) is 12.3. The minimum Gasteiger partial charge on any atom is -0.492 e.